The second kappa shape index (κ2) is 7.35. The lowest BCUT2D eigenvalue weighted by molar-refractivity contribution is -0.113. The summed E-state index contributed by atoms with van der Waals surface area (Å²) in [6, 6.07) is 3.57. The molecule has 19 heavy (non-hydrogen) atoms. The Morgan fingerprint density at radius 1 is 1.58 bits per heavy atom. The third kappa shape index (κ3) is 4.40. The third-order valence-corrected chi connectivity index (χ3v) is 4.35. The second-order valence-electron chi connectivity index (χ2n) is 4.37. The molecule has 0 aromatic carbocycles. The number of ether oxygens (including phenoxy) is 1. The molecular formula is C13H19N3O2S. The molecule has 1 saturated heterocycles. The van der Waals surface area contributed by atoms with Crippen LogP contribution in [0.5, 0.6) is 5.88 Å². The van der Waals surface area contributed by atoms with Crippen LogP contribution in [0.4, 0.5) is 5.69 Å². The maximum Gasteiger partial charge on any atom is 0.237 e. The van der Waals surface area contributed by atoms with E-state index in [2.05, 4.69) is 15.6 Å². The highest BCUT2D eigenvalue weighted by molar-refractivity contribution is 8.00. The van der Waals surface area contributed by atoms with Crippen LogP contribution >= 0.6 is 11.8 Å². The lowest BCUT2D eigenvalue weighted by atomic mass is 10.2. The number of pyridine rings is 1. The van der Waals surface area contributed by atoms with Crippen molar-refractivity contribution in [3.63, 3.8) is 0 Å². The van der Waals surface area contributed by atoms with Crippen LogP contribution in [0.15, 0.2) is 18.3 Å². The maximum absolute atomic E-state index is 11.9. The number of hydrogen-bond acceptors (Lipinski definition) is 5. The molecule has 1 aromatic heterocycles. The largest absolute Gasteiger partial charge is 0.480 e. The second-order valence-corrected chi connectivity index (χ2v) is 5.66. The summed E-state index contributed by atoms with van der Waals surface area (Å²) in [7, 11) is 1.54. The molecule has 1 amide bonds. The minimum atomic E-state index is -0.00478. The van der Waals surface area contributed by atoms with E-state index in [1.807, 2.05) is 0 Å². The molecule has 0 unspecified atom stereocenters. The summed E-state index contributed by atoms with van der Waals surface area (Å²) in [4.78, 5) is 15.9. The van der Waals surface area contributed by atoms with E-state index in [1.54, 1.807) is 37.2 Å². The minimum Gasteiger partial charge on any atom is -0.480 e. The Labute approximate surface area is 117 Å². The average Bonchev–Trinajstić information content (AvgIpc) is 2.47. The smallest absolute Gasteiger partial charge is 0.237 e. The van der Waals surface area contributed by atoms with E-state index in [0.29, 0.717) is 22.6 Å². The Hall–Kier alpha value is -1.27. The van der Waals surface area contributed by atoms with Gasteiger partial charge >= 0.3 is 0 Å². The zero-order valence-corrected chi connectivity index (χ0v) is 11.8. The van der Waals surface area contributed by atoms with Crippen LogP contribution in [0.2, 0.25) is 0 Å². The van der Waals surface area contributed by atoms with Crippen LogP contribution in [0, 0.1) is 0 Å². The first kappa shape index (κ1) is 14.1. The number of amides is 1. The van der Waals surface area contributed by atoms with E-state index in [-0.39, 0.29) is 5.91 Å². The summed E-state index contributed by atoms with van der Waals surface area (Å²) in [5.41, 5.74) is 0.626. The number of nitrogens with zero attached hydrogens (tertiary/aromatic N) is 1. The van der Waals surface area contributed by atoms with Crippen molar-refractivity contribution in [3.8, 4) is 5.88 Å². The quantitative estimate of drug-likeness (QED) is 0.856. The zero-order valence-electron chi connectivity index (χ0n) is 11.0. The number of rotatable bonds is 5. The van der Waals surface area contributed by atoms with Gasteiger partial charge in [0.15, 0.2) is 0 Å². The molecule has 104 valence electrons. The molecule has 1 aliphatic heterocycles. The van der Waals surface area contributed by atoms with Crippen molar-refractivity contribution in [3.05, 3.63) is 18.3 Å². The minimum absolute atomic E-state index is 0.00478. The standard InChI is InChI=1S/C13H19N3O2S/c1-18-13-11(3-2-6-15-13)16-12(17)9-19-10-4-7-14-8-5-10/h2-3,6,10,14H,4-5,7-9H2,1H3,(H,16,17). The number of thioether (sulfide) groups is 1. The Kier molecular flexibility index (Phi) is 5.47. The Balaban J connectivity index is 1.80. The van der Waals surface area contributed by atoms with Gasteiger partial charge in [0.25, 0.3) is 0 Å². The fourth-order valence-corrected chi connectivity index (χ4v) is 3.02. The van der Waals surface area contributed by atoms with E-state index in [9.17, 15) is 4.79 Å². The van der Waals surface area contributed by atoms with Crippen molar-refractivity contribution in [2.45, 2.75) is 18.1 Å². The molecule has 2 rings (SSSR count). The lowest BCUT2D eigenvalue weighted by Crippen LogP contribution is -2.30. The van der Waals surface area contributed by atoms with Crippen molar-refractivity contribution in [2.75, 3.05) is 31.3 Å². The van der Waals surface area contributed by atoms with Crippen LogP contribution < -0.4 is 15.4 Å². The molecule has 6 heteroatoms. The van der Waals surface area contributed by atoms with Crippen LogP contribution in [0.3, 0.4) is 0 Å². The van der Waals surface area contributed by atoms with E-state index >= 15 is 0 Å². The van der Waals surface area contributed by atoms with E-state index in [0.717, 1.165) is 25.9 Å². The van der Waals surface area contributed by atoms with Gasteiger partial charge in [-0.25, -0.2) is 4.98 Å². The predicted octanol–water partition coefficient (Wildman–Crippen LogP) is 1.51. The summed E-state index contributed by atoms with van der Waals surface area (Å²) < 4.78 is 5.10. The van der Waals surface area contributed by atoms with Gasteiger partial charge in [0, 0.05) is 11.4 Å². The van der Waals surface area contributed by atoms with Crippen molar-refractivity contribution in [1.82, 2.24) is 10.3 Å². The summed E-state index contributed by atoms with van der Waals surface area (Å²) in [6.07, 6.45) is 3.90. The van der Waals surface area contributed by atoms with Gasteiger partial charge in [-0.15, -0.1) is 11.8 Å². The first-order valence-corrected chi connectivity index (χ1v) is 7.45. The van der Waals surface area contributed by atoms with Gasteiger partial charge in [-0.2, -0.15) is 0 Å². The van der Waals surface area contributed by atoms with Gasteiger partial charge < -0.3 is 15.4 Å². The van der Waals surface area contributed by atoms with Gasteiger partial charge in [-0.05, 0) is 38.1 Å². The number of aromatic nitrogens is 1. The fourth-order valence-electron chi connectivity index (χ4n) is 1.99. The van der Waals surface area contributed by atoms with Crippen LogP contribution in [0.1, 0.15) is 12.8 Å². The van der Waals surface area contributed by atoms with E-state index in [4.69, 9.17) is 4.74 Å². The molecule has 1 aromatic rings. The number of carbonyl (C=O) groups is 1. The Morgan fingerprint density at radius 2 is 2.37 bits per heavy atom. The average molecular weight is 281 g/mol. The van der Waals surface area contributed by atoms with Crippen molar-refractivity contribution >= 4 is 23.4 Å². The monoisotopic (exact) mass is 281 g/mol. The summed E-state index contributed by atoms with van der Waals surface area (Å²) in [5, 5.41) is 6.74. The van der Waals surface area contributed by atoms with Gasteiger partial charge in [-0.3, -0.25) is 4.79 Å². The molecule has 0 saturated carbocycles. The Morgan fingerprint density at radius 3 is 3.11 bits per heavy atom. The highest BCUT2D eigenvalue weighted by Gasteiger charge is 2.15. The predicted molar refractivity (Wildman–Crippen MR) is 77.8 cm³/mol. The van der Waals surface area contributed by atoms with Crippen LogP contribution in [0.25, 0.3) is 0 Å². The van der Waals surface area contributed by atoms with Crippen molar-refractivity contribution in [1.29, 1.82) is 0 Å². The normalized spacial score (nSPS) is 16.1. The SMILES string of the molecule is COc1ncccc1NC(=O)CSC1CCNCC1. The highest BCUT2D eigenvalue weighted by atomic mass is 32.2. The van der Waals surface area contributed by atoms with E-state index < -0.39 is 0 Å². The molecular weight excluding hydrogens is 262 g/mol. The van der Waals surface area contributed by atoms with Crippen molar-refractivity contribution in [2.24, 2.45) is 0 Å². The number of nitrogens with one attached hydrogen (secondary N) is 2. The van der Waals surface area contributed by atoms with Crippen molar-refractivity contribution < 1.29 is 9.53 Å². The van der Waals surface area contributed by atoms with Gasteiger partial charge in [0.05, 0.1) is 12.9 Å². The summed E-state index contributed by atoms with van der Waals surface area (Å²) >= 11 is 1.72. The van der Waals surface area contributed by atoms with Gasteiger partial charge in [0.2, 0.25) is 11.8 Å². The summed E-state index contributed by atoms with van der Waals surface area (Å²) in [6.45, 7) is 2.10. The molecule has 2 N–H and O–H groups in total. The fraction of sp³-hybridized carbons (Fsp3) is 0.538. The first-order valence-electron chi connectivity index (χ1n) is 6.41. The molecule has 1 fully saturated rings. The van der Waals surface area contributed by atoms with Gasteiger partial charge in [0.1, 0.15) is 5.69 Å². The molecule has 0 spiro atoms. The molecule has 2 heterocycles. The van der Waals surface area contributed by atoms with Crippen LogP contribution in [-0.2, 0) is 4.79 Å². The van der Waals surface area contributed by atoms with Crippen LogP contribution in [-0.4, -0.2) is 42.1 Å². The molecule has 0 aliphatic carbocycles. The first-order chi connectivity index (χ1) is 9.29. The van der Waals surface area contributed by atoms with Gasteiger partial charge in [-0.1, -0.05) is 0 Å². The molecule has 5 nitrogen and oxygen atoms in total. The lowest BCUT2D eigenvalue weighted by Gasteiger charge is -2.21. The molecule has 1 aliphatic rings. The summed E-state index contributed by atoms with van der Waals surface area (Å²) in [5.74, 6) is 0.917. The number of piperidine rings is 1. The number of carbonyl (C=O) groups excluding carboxylic acids is 1. The zero-order chi connectivity index (χ0) is 13.5. The number of methoxy groups -OCH3 is 1. The highest BCUT2D eigenvalue weighted by Crippen LogP contribution is 2.22. The maximum atomic E-state index is 11.9. The molecule has 0 bridgehead atoms. The third-order valence-electron chi connectivity index (χ3n) is 2.97. The number of anilines is 1. The topological polar surface area (TPSA) is 63.2 Å². The number of hydrogen-bond donors (Lipinski definition) is 2. The molecule has 0 radical (unpaired) electrons. The van der Waals surface area contributed by atoms with E-state index in [1.165, 1.54) is 0 Å². The Bertz CT molecular complexity index is 422. The molecule has 0 atom stereocenters.